The van der Waals surface area contributed by atoms with Crippen molar-refractivity contribution in [2.45, 2.75) is 12.8 Å². The zero-order valence-electron chi connectivity index (χ0n) is 11.0. The lowest BCUT2D eigenvalue weighted by Gasteiger charge is -2.10. The Labute approximate surface area is 122 Å². The van der Waals surface area contributed by atoms with Crippen LogP contribution in [0.1, 0.15) is 23.2 Å². The van der Waals surface area contributed by atoms with Crippen molar-refractivity contribution in [1.29, 1.82) is 0 Å². The predicted octanol–water partition coefficient (Wildman–Crippen LogP) is 2.19. The Kier molecular flexibility index (Phi) is 5.22. The van der Waals surface area contributed by atoms with E-state index >= 15 is 0 Å². The van der Waals surface area contributed by atoms with Crippen molar-refractivity contribution in [2.24, 2.45) is 5.92 Å². The van der Waals surface area contributed by atoms with E-state index in [0.29, 0.717) is 11.5 Å². The highest BCUT2D eigenvalue weighted by atomic mass is 79.9. The van der Waals surface area contributed by atoms with Crippen molar-refractivity contribution in [3.8, 4) is 5.75 Å². The molecule has 1 atom stereocenters. The average Bonchev–Trinajstić information content (AvgIpc) is 2.91. The summed E-state index contributed by atoms with van der Waals surface area (Å²) in [6.45, 7) is 2.91. The van der Waals surface area contributed by atoms with Crippen LogP contribution in [0.5, 0.6) is 5.75 Å². The second-order valence-corrected chi connectivity index (χ2v) is 5.61. The average molecular weight is 327 g/mol. The van der Waals surface area contributed by atoms with Crippen molar-refractivity contribution in [2.75, 3.05) is 26.7 Å². The molecular weight excluding hydrogens is 308 g/mol. The maximum absolute atomic E-state index is 12.0. The lowest BCUT2D eigenvalue weighted by molar-refractivity contribution is 0.0951. The zero-order chi connectivity index (χ0) is 13.7. The molecule has 1 aliphatic heterocycles. The van der Waals surface area contributed by atoms with Crippen LogP contribution in [0.3, 0.4) is 0 Å². The highest BCUT2D eigenvalue weighted by Gasteiger charge is 2.14. The van der Waals surface area contributed by atoms with Gasteiger partial charge in [-0.1, -0.05) is 0 Å². The number of halogens is 1. The molecule has 1 saturated heterocycles. The van der Waals surface area contributed by atoms with Gasteiger partial charge in [-0.05, 0) is 66.0 Å². The number of rotatable bonds is 5. The Morgan fingerprint density at radius 2 is 2.42 bits per heavy atom. The molecule has 1 aliphatic rings. The van der Waals surface area contributed by atoms with E-state index in [0.717, 1.165) is 36.3 Å². The first-order valence-corrected chi connectivity index (χ1v) is 7.32. The van der Waals surface area contributed by atoms with Crippen molar-refractivity contribution in [3.05, 3.63) is 28.2 Å². The van der Waals surface area contributed by atoms with Crippen molar-refractivity contribution < 1.29 is 9.53 Å². The van der Waals surface area contributed by atoms with Crippen LogP contribution in [0.2, 0.25) is 0 Å². The molecule has 1 aromatic rings. The molecule has 1 fully saturated rings. The van der Waals surface area contributed by atoms with Crippen LogP contribution in [0.4, 0.5) is 0 Å². The molecule has 2 N–H and O–H groups in total. The molecule has 2 rings (SSSR count). The van der Waals surface area contributed by atoms with E-state index < -0.39 is 0 Å². The molecule has 5 heteroatoms. The third-order valence-corrected chi connectivity index (χ3v) is 4.03. The minimum absolute atomic E-state index is 0.0330. The predicted molar refractivity (Wildman–Crippen MR) is 78.6 cm³/mol. The van der Waals surface area contributed by atoms with Gasteiger partial charge in [-0.2, -0.15) is 0 Å². The second-order valence-electron chi connectivity index (χ2n) is 4.75. The number of benzene rings is 1. The normalized spacial score (nSPS) is 18.3. The van der Waals surface area contributed by atoms with Crippen LogP contribution in [0.15, 0.2) is 22.7 Å². The maximum Gasteiger partial charge on any atom is 0.251 e. The number of carbonyl (C=O) groups is 1. The standard InChI is InChI=1S/C14H19BrN2O2/c1-19-13-3-2-11(8-12(13)15)14(18)17-7-5-10-4-6-16-9-10/h2-3,8,10,16H,4-7,9H2,1H3,(H,17,18). The number of ether oxygens (including phenoxy) is 1. The third-order valence-electron chi connectivity index (χ3n) is 3.41. The molecule has 0 aliphatic carbocycles. The Balaban J connectivity index is 1.83. The first-order valence-electron chi connectivity index (χ1n) is 6.53. The molecule has 0 saturated carbocycles. The number of hydrogen-bond donors (Lipinski definition) is 2. The van der Waals surface area contributed by atoms with E-state index in [-0.39, 0.29) is 5.91 Å². The van der Waals surface area contributed by atoms with E-state index in [1.807, 2.05) is 0 Å². The van der Waals surface area contributed by atoms with E-state index in [1.54, 1.807) is 25.3 Å². The lowest BCUT2D eigenvalue weighted by Crippen LogP contribution is -2.26. The van der Waals surface area contributed by atoms with Gasteiger partial charge in [0.2, 0.25) is 0 Å². The highest BCUT2D eigenvalue weighted by molar-refractivity contribution is 9.10. The SMILES string of the molecule is COc1ccc(C(=O)NCCC2CCNC2)cc1Br. The number of nitrogens with one attached hydrogen (secondary N) is 2. The van der Waals surface area contributed by atoms with Gasteiger partial charge in [-0.15, -0.1) is 0 Å². The highest BCUT2D eigenvalue weighted by Crippen LogP contribution is 2.25. The largest absolute Gasteiger partial charge is 0.496 e. The molecule has 0 radical (unpaired) electrons. The lowest BCUT2D eigenvalue weighted by atomic mass is 10.1. The van der Waals surface area contributed by atoms with Gasteiger partial charge in [0.1, 0.15) is 5.75 Å². The first kappa shape index (κ1) is 14.3. The summed E-state index contributed by atoms with van der Waals surface area (Å²) in [5.41, 5.74) is 0.650. The fourth-order valence-electron chi connectivity index (χ4n) is 2.26. The fraction of sp³-hybridized carbons (Fsp3) is 0.500. The van der Waals surface area contributed by atoms with Crippen molar-refractivity contribution in [3.63, 3.8) is 0 Å². The van der Waals surface area contributed by atoms with Crippen LogP contribution in [-0.2, 0) is 0 Å². The summed E-state index contributed by atoms with van der Waals surface area (Å²) in [5.74, 6) is 1.39. The van der Waals surface area contributed by atoms with Gasteiger partial charge in [0.05, 0.1) is 11.6 Å². The van der Waals surface area contributed by atoms with E-state index in [9.17, 15) is 4.79 Å². The van der Waals surface area contributed by atoms with E-state index in [2.05, 4.69) is 26.6 Å². The van der Waals surface area contributed by atoms with Gasteiger partial charge in [0.15, 0.2) is 0 Å². The molecule has 104 valence electrons. The van der Waals surface area contributed by atoms with Crippen LogP contribution >= 0.6 is 15.9 Å². The quantitative estimate of drug-likeness (QED) is 0.872. The van der Waals surface area contributed by atoms with Crippen molar-refractivity contribution in [1.82, 2.24) is 10.6 Å². The monoisotopic (exact) mass is 326 g/mol. The fourth-order valence-corrected chi connectivity index (χ4v) is 2.80. The van der Waals surface area contributed by atoms with Gasteiger partial charge >= 0.3 is 0 Å². The zero-order valence-corrected chi connectivity index (χ0v) is 12.6. The van der Waals surface area contributed by atoms with Crippen LogP contribution in [0, 0.1) is 5.92 Å². The van der Waals surface area contributed by atoms with Crippen LogP contribution < -0.4 is 15.4 Å². The molecule has 4 nitrogen and oxygen atoms in total. The minimum Gasteiger partial charge on any atom is -0.496 e. The molecule has 0 bridgehead atoms. The Hall–Kier alpha value is -1.07. The molecule has 1 unspecified atom stereocenters. The number of amides is 1. The van der Waals surface area contributed by atoms with Gasteiger partial charge < -0.3 is 15.4 Å². The summed E-state index contributed by atoms with van der Waals surface area (Å²) in [6, 6.07) is 5.35. The number of methoxy groups -OCH3 is 1. The molecule has 0 aromatic heterocycles. The van der Waals surface area contributed by atoms with Gasteiger partial charge in [0.25, 0.3) is 5.91 Å². The Morgan fingerprint density at radius 3 is 3.05 bits per heavy atom. The van der Waals surface area contributed by atoms with E-state index in [4.69, 9.17) is 4.74 Å². The topological polar surface area (TPSA) is 50.4 Å². The Morgan fingerprint density at radius 1 is 1.58 bits per heavy atom. The van der Waals surface area contributed by atoms with Crippen molar-refractivity contribution >= 4 is 21.8 Å². The van der Waals surface area contributed by atoms with Crippen LogP contribution in [-0.4, -0.2) is 32.7 Å². The Bertz CT molecular complexity index is 445. The van der Waals surface area contributed by atoms with Crippen LogP contribution in [0.25, 0.3) is 0 Å². The molecule has 19 heavy (non-hydrogen) atoms. The number of hydrogen-bond acceptors (Lipinski definition) is 3. The smallest absolute Gasteiger partial charge is 0.251 e. The molecule has 1 aromatic carbocycles. The molecule has 1 heterocycles. The summed E-state index contributed by atoms with van der Waals surface area (Å²) < 4.78 is 5.94. The summed E-state index contributed by atoms with van der Waals surface area (Å²) in [4.78, 5) is 12.0. The summed E-state index contributed by atoms with van der Waals surface area (Å²) in [6.07, 6.45) is 2.25. The first-order chi connectivity index (χ1) is 9.20. The summed E-state index contributed by atoms with van der Waals surface area (Å²) >= 11 is 3.38. The van der Waals surface area contributed by atoms with E-state index in [1.165, 1.54) is 6.42 Å². The van der Waals surface area contributed by atoms with Gasteiger partial charge in [0, 0.05) is 12.1 Å². The number of carbonyl (C=O) groups excluding carboxylic acids is 1. The summed E-state index contributed by atoms with van der Waals surface area (Å²) in [7, 11) is 1.61. The second kappa shape index (κ2) is 6.91. The van der Waals surface area contributed by atoms with Gasteiger partial charge in [-0.3, -0.25) is 4.79 Å². The molecule has 1 amide bonds. The van der Waals surface area contributed by atoms with Gasteiger partial charge in [-0.25, -0.2) is 0 Å². The third kappa shape index (κ3) is 3.94. The molecule has 0 spiro atoms. The minimum atomic E-state index is -0.0330. The molecular formula is C14H19BrN2O2. The summed E-state index contributed by atoms with van der Waals surface area (Å²) in [5, 5.41) is 6.29. The maximum atomic E-state index is 12.0.